The fourth-order valence-corrected chi connectivity index (χ4v) is 2.84. The van der Waals surface area contributed by atoms with Crippen LogP contribution in [0.15, 0.2) is 23.1 Å². The lowest BCUT2D eigenvalue weighted by Crippen LogP contribution is -2.34. The third kappa shape index (κ3) is 2.95. The minimum atomic E-state index is -0.464. The van der Waals surface area contributed by atoms with Gasteiger partial charge in [-0.2, -0.15) is 0 Å². The van der Waals surface area contributed by atoms with Crippen molar-refractivity contribution in [2.24, 2.45) is 0 Å². The number of amides is 2. The van der Waals surface area contributed by atoms with E-state index in [1.807, 2.05) is 6.07 Å². The molecule has 5 nitrogen and oxygen atoms in total. The van der Waals surface area contributed by atoms with Gasteiger partial charge in [-0.15, -0.1) is 11.8 Å². The molecule has 0 radical (unpaired) electrons. The Morgan fingerprint density at radius 3 is 3.11 bits per heavy atom. The second kappa shape index (κ2) is 5.60. The van der Waals surface area contributed by atoms with Gasteiger partial charge in [0.2, 0.25) is 11.8 Å². The number of rotatable bonds is 3. The van der Waals surface area contributed by atoms with E-state index in [0.717, 1.165) is 4.90 Å². The fourth-order valence-electron chi connectivity index (χ4n) is 1.58. The van der Waals surface area contributed by atoms with Gasteiger partial charge in [-0.1, -0.05) is 11.6 Å². The van der Waals surface area contributed by atoms with Gasteiger partial charge in [-0.3, -0.25) is 14.4 Å². The highest BCUT2D eigenvalue weighted by Crippen LogP contribution is 2.38. The molecule has 0 bridgehead atoms. The molecule has 0 saturated heterocycles. The first kappa shape index (κ1) is 13.2. The Balaban J connectivity index is 2.11. The zero-order valence-corrected chi connectivity index (χ0v) is 11.1. The van der Waals surface area contributed by atoms with Gasteiger partial charge in [0, 0.05) is 16.3 Å². The molecule has 2 N–H and O–H groups in total. The summed E-state index contributed by atoms with van der Waals surface area (Å²) >= 11 is 7.19. The van der Waals surface area contributed by atoms with E-state index in [1.54, 1.807) is 12.1 Å². The third-order valence-electron chi connectivity index (χ3n) is 2.35. The lowest BCUT2D eigenvalue weighted by atomic mass is 10.2. The molecule has 0 spiro atoms. The minimum absolute atomic E-state index is 0.0619. The first-order valence-corrected chi connectivity index (χ1v) is 6.45. The summed E-state index contributed by atoms with van der Waals surface area (Å²) in [4.78, 5) is 28.6. The molecule has 18 heavy (non-hydrogen) atoms. The summed E-state index contributed by atoms with van der Waals surface area (Å²) in [6.45, 7) is 0. The molecule has 1 atom stereocenters. The molecule has 0 saturated carbocycles. The van der Waals surface area contributed by atoms with Crippen molar-refractivity contribution in [3.8, 4) is 0 Å². The van der Waals surface area contributed by atoms with Gasteiger partial charge in [-0.25, -0.2) is 5.48 Å². The zero-order chi connectivity index (χ0) is 13.1. The number of fused-ring (bicyclic) bond motifs is 1. The quantitative estimate of drug-likeness (QED) is 0.832. The molecule has 0 fully saturated rings. The van der Waals surface area contributed by atoms with Crippen LogP contribution in [0.25, 0.3) is 0 Å². The van der Waals surface area contributed by atoms with Crippen LogP contribution in [0, 0.1) is 0 Å². The van der Waals surface area contributed by atoms with Crippen molar-refractivity contribution in [1.82, 2.24) is 5.48 Å². The molecule has 1 heterocycles. The number of carbonyl (C=O) groups is 2. The number of halogens is 1. The molecule has 2 amide bonds. The van der Waals surface area contributed by atoms with Crippen molar-refractivity contribution < 1.29 is 14.4 Å². The van der Waals surface area contributed by atoms with Crippen LogP contribution in [0.4, 0.5) is 5.69 Å². The van der Waals surface area contributed by atoms with Gasteiger partial charge < -0.3 is 5.32 Å². The summed E-state index contributed by atoms with van der Waals surface area (Å²) in [7, 11) is 1.35. The molecule has 1 aliphatic heterocycles. The zero-order valence-electron chi connectivity index (χ0n) is 9.53. The van der Waals surface area contributed by atoms with E-state index < -0.39 is 5.25 Å². The van der Waals surface area contributed by atoms with Crippen LogP contribution in [0.2, 0.25) is 5.02 Å². The Labute approximate surface area is 113 Å². The number of hydroxylamine groups is 1. The maximum absolute atomic E-state index is 11.8. The van der Waals surface area contributed by atoms with E-state index >= 15 is 0 Å². The predicted octanol–water partition coefficient (Wildman–Crippen LogP) is 1.82. The van der Waals surface area contributed by atoms with Crippen molar-refractivity contribution in [2.45, 2.75) is 16.6 Å². The monoisotopic (exact) mass is 286 g/mol. The Morgan fingerprint density at radius 1 is 1.61 bits per heavy atom. The summed E-state index contributed by atoms with van der Waals surface area (Å²) in [5.74, 6) is -0.538. The Morgan fingerprint density at radius 2 is 2.39 bits per heavy atom. The van der Waals surface area contributed by atoms with Crippen LogP contribution in [0.1, 0.15) is 6.42 Å². The van der Waals surface area contributed by atoms with Crippen molar-refractivity contribution >= 4 is 40.9 Å². The van der Waals surface area contributed by atoms with Gasteiger partial charge in [0.05, 0.1) is 18.0 Å². The van der Waals surface area contributed by atoms with Crippen molar-refractivity contribution in [3.63, 3.8) is 0 Å². The number of nitrogens with one attached hydrogen (secondary N) is 2. The highest BCUT2D eigenvalue weighted by atomic mass is 35.5. The number of carbonyl (C=O) groups excluding carboxylic acids is 2. The van der Waals surface area contributed by atoms with Gasteiger partial charge in [-0.05, 0) is 18.2 Å². The number of anilines is 1. The molecule has 1 aliphatic rings. The van der Waals surface area contributed by atoms with Crippen LogP contribution in [0.5, 0.6) is 0 Å². The molecule has 1 aromatic carbocycles. The first-order valence-electron chi connectivity index (χ1n) is 5.19. The van der Waals surface area contributed by atoms with E-state index in [4.69, 9.17) is 11.6 Å². The number of hydrogen-bond donors (Lipinski definition) is 2. The van der Waals surface area contributed by atoms with Crippen molar-refractivity contribution in [2.75, 3.05) is 12.4 Å². The molecule has 1 aromatic rings. The largest absolute Gasteiger partial charge is 0.324 e. The normalized spacial score (nSPS) is 17.9. The molecule has 96 valence electrons. The SMILES string of the molecule is CONC(=O)CC1Sc2ccc(Cl)cc2NC1=O. The van der Waals surface area contributed by atoms with Crippen LogP contribution in [-0.2, 0) is 14.4 Å². The maximum atomic E-state index is 11.8. The maximum Gasteiger partial charge on any atom is 0.245 e. The van der Waals surface area contributed by atoms with Gasteiger partial charge in [0.1, 0.15) is 0 Å². The average Bonchev–Trinajstić information content (AvgIpc) is 2.31. The van der Waals surface area contributed by atoms with E-state index in [9.17, 15) is 9.59 Å². The topological polar surface area (TPSA) is 67.4 Å². The number of thioether (sulfide) groups is 1. The summed E-state index contributed by atoms with van der Waals surface area (Å²) in [5.41, 5.74) is 2.87. The molecule has 0 aromatic heterocycles. The first-order chi connectivity index (χ1) is 8.60. The summed E-state index contributed by atoms with van der Waals surface area (Å²) in [6.07, 6.45) is 0.0619. The molecule has 2 rings (SSSR count). The third-order valence-corrected chi connectivity index (χ3v) is 3.86. The summed E-state index contributed by atoms with van der Waals surface area (Å²) in [6, 6.07) is 5.26. The Bertz CT molecular complexity index is 495. The van der Waals surface area contributed by atoms with E-state index in [1.165, 1.54) is 18.9 Å². The molecular weight excluding hydrogens is 276 g/mol. The molecular formula is C11H11ClN2O3S. The lowest BCUT2D eigenvalue weighted by Gasteiger charge is -2.23. The Kier molecular flexibility index (Phi) is 4.11. The van der Waals surface area contributed by atoms with Gasteiger partial charge >= 0.3 is 0 Å². The van der Waals surface area contributed by atoms with Crippen LogP contribution >= 0.6 is 23.4 Å². The second-order valence-electron chi connectivity index (χ2n) is 3.67. The smallest absolute Gasteiger partial charge is 0.245 e. The molecule has 1 unspecified atom stereocenters. The van der Waals surface area contributed by atoms with Crippen LogP contribution in [0.3, 0.4) is 0 Å². The number of hydrogen-bond acceptors (Lipinski definition) is 4. The predicted molar refractivity (Wildman–Crippen MR) is 69.5 cm³/mol. The molecule has 0 aliphatic carbocycles. The summed E-state index contributed by atoms with van der Waals surface area (Å²) < 4.78 is 0. The highest BCUT2D eigenvalue weighted by molar-refractivity contribution is 8.01. The lowest BCUT2D eigenvalue weighted by molar-refractivity contribution is -0.132. The Hall–Kier alpha value is -1.24. The molecule has 7 heteroatoms. The highest BCUT2D eigenvalue weighted by Gasteiger charge is 2.29. The minimum Gasteiger partial charge on any atom is -0.324 e. The number of benzene rings is 1. The fraction of sp³-hybridized carbons (Fsp3) is 0.273. The van der Waals surface area contributed by atoms with E-state index in [0.29, 0.717) is 10.7 Å². The average molecular weight is 287 g/mol. The van der Waals surface area contributed by atoms with Crippen LogP contribution < -0.4 is 10.8 Å². The van der Waals surface area contributed by atoms with Gasteiger partial charge in [0.25, 0.3) is 0 Å². The van der Waals surface area contributed by atoms with E-state index in [-0.39, 0.29) is 18.2 Å². The van der Waals surface area contributed by atoms with Crippen molar-refractivity contribution in [3.05, 3.63) is 23.2 Å². The van der Waals surface area contributed by atoms with Crippen LogP contribution in [-0.4, -0.2) is 24.2 Å². The van der Waals surface area contributed by atoms with Gasteiger partial charge in [0.15, 0.2) is 0 Å². The van der Waals surface area contributed by atoms with E-state index in [2.05, 4.69) is 15.6 Å². The standard InChI is InChI=1S/C11H11ClN2O3S/c1-17-14-10(15)5-9-11(16)13-7-4-6(12)2-3-8(7)18-9/h2-4,9H,5H2,1H3,(H,13,16)(H,14,15). The second-order valence-corrected chi connectivity index (χ2v) is 5.35. The summed E-state index contributed by atoms with van der Waals surface area (Å²) in [5, 5.41) is 2.83. The van der Waals surface area contributed by atoms with Crippen molar-refractivity contribution in [1.29, 1.82) is 0 Å².